The molecule has 0 spiro atoms. The summed E-state index contributed by atoms with van der Waals surface area (Å²) in [6, 6.07) is 0. The minimum Gasteiger partial charge on any atom is -0.317 e. The number of allylic oxidation sites excluding steroid dienone is 2. The van der Waals surface area contributed by atoms with E-state index >= 15 is 0 Å². The first-order chi connectivity index (χ1) is 8.72. The molecule has 0 fully saturated rings. The van der Waals surface area contributed by atoms with Crippen molar-refractivity contribution in [3.63, 3.8) is 0 Å². The van der Waals surface area contributed by atoms with Crippen LogP contribution in [0.1, 0.15) is 88.0 Å². The van der Waals surface area contributed by atoms with Crippen molar-refractivity contribution in [3.05, 3.63) is 11.6 Å². The van der Waals surface area contributed by atoms with Crippen LogP contribution in [0.25, 0.3) is 0 Å². The maximum atomic E-state index is 3.34. The van der Waals surface area contributed by atoms with E-state index < -0.39 is 0 Å². The summed E-state index contributed by atoms with van der Waals surface area (Å²) in [5.74, 6) is 0. The summed E-state index contributed by atoms with van der Waals surface area (Å²) < 4.78 is 0. The Hall–Kier alpha value is -0.300. The molecule has 0 atom stereocenters. The second kappa shape index (κ2) is 36.0. The molecular formula is C17H41N. The molecule has 0 aromatic carbocycles. The third-order valence-electron chi connectivity index (χ3n) is 2.18. The quantitative estimate of drug-likeness (QED) is 0.442. The average molecular weight is 260 g/mol. The maximum absolute atomic E-state index is 3.34. The Morgan fingerprint density at radius 1 is 0.889 bits per heavy atom. The van der Waals surface area contributed by atoms with Crippen LogP contribution in [0.4, 0.5) is 0 Å². The smallest absolute Gasteiger partial charge is 0.00490 e. The summed E-state index contributed by atoms with van der Waals surface area (Å²) in [6.45, 7) is 21.2. The fourth-order valence-electron chi connectivity index (χ4n) is 0.808. The molecule has 0 aliphatic rings. The zero-order valence-corrected chi connectivity index (χ0v) is 14.8. The molecule has 0 saturated carbocycles. The number of hydrogen-bond acceptors (Lipinski definition) is 1. The monoisotopic (exact) mass is 259 g/mol. The average Bonchev–Trinajstić information content (AvgIpc) is 2.47. The van der Waals surface area contributed by atoms with Gasteiger partial charge in [-0.15, -0.1) is 0 Å². The molecule has 1 heteroatoms. The van der Waals surface area contributed by atoms with Crippen molar-refractivity contribution in [2.75, 3.05) is 13.1 Å². The molecule has 0 saturated heterocycles. The Bertz CT molecular complexity index is 111. The first-order valence-corrected chi connectivity index (χ1v) is 8.05. The molecule has 0 bridgehead atoms. The van der Waals surface area contributed by atoms with E-state index in [0.29, 0.717) is 0 Å². The van der Waals surface area contributed by atoms with Gasteiger partial charge in [0.1, 0.15) is 0 Å². The lowest BCUT2D eigenvalue weighted by Crippen LogP contribution is -2.15. The van der Waals surface area contributed by atoms with Gasteiger partial charge >= 0.3 is 0 Å². The van der Waals surface area contributed by atoms with Crippen LogP contribution in [0.2, 0.25) is 0 Å². The molecule has 0 radical (unpaired) electrons. The van der Waals surface area contributed by atoms with Gasteiger partial charge in [-0.2, -0.15) is 0 Å². The molecule has 0 unspecified atom stereocenters. The van der Waals surface area contributed by atoms with Gasteiger partial charge in [0.15, 0.2) is 0 Å². The van der Waals surface area contributed by atoms with Gasteiger partial charge < -0.3 is 5.32 Å². The Kier molecular flexibility index (Phi) is 52.5. The maximum Gasteiger partial charge on any atom is -0.00490 e. The SMILES string of the molecule is C/C=C(\C)CC.CC.CC.CCCCNCCC. The summed E-state index contributed by atoms with van der Waals surface area (Å²) in [6.07, 6.45) is 7.21. The van der Waals surface area contributed by atoms with Gasteiger partial charge in [-0.3, -0.25) is 0 Å². The van der Waals surface area contributed by atoms with Crippen LogP contribution in [-0.2, 0) is 0 Å². The normalized spacial score (nSPS) is 9.06. The molecule has 0 aromatic heterocycles. The number of rotatable bonds is 6. The van der Waals surface area contributed by atoms with Gasteiger partial charge in [0.05, 0.1) is 0 Å². The lowest BCUT2D eigenvalue weighted by molar-refractivity contribution is 0.633. The van der Waals surface area contributed by atoms with Gasteiger partial charge in [-0.05, 0) is 46.2 Å². The van der Waals surface area contributed by atoms with Gasteiger partial charge in [-0.25, -0.2) is 0 Å². The van der Waals surface area contributed by atoms with Crippen molar-refractivity contribution in [3.8, 4) is 0 Å². The molecule has 0 amide bonds. The van der Waals surface area contributed by atoms with Crippen LogP contribution in [0.5, 0.6) is 0 Å². The zero-order chi connectivity index (χ0) is 15.2. The molecule has 0 aromatic rings. The third-order valence-corrected chi connectivity index (χ3v) is 2.18. The Morgan fingerprint density at radius 2 is 1.39 bits per heavy atom. The van der Waals surface area contributed by atoms with Crippen molar-refractivity contribution in [2.24, 2.45) is 0 Å². The zero-order valence-electron chi connectivity index (χ0n) is 14.8. The fraction of sp³-hybridized carbons (Fsp3) is 0.882. The van der Waals surface area contributed by atoms with Gasteiger partial charge in [0.2, 0.25) is 0 Å². The van der Waals surface area contributed by atoms with E-state index in [1.165, 1.54) is 44.3 Å². The predicted molar refractivity (Wildman–Crippen MR) is 90.5 cm³/mol. The molecule has 0 heterocycles. The lowest BCUT2D eigenvalue weighted by atomic mass is 10.2. The number of nitrogens with one attached hydrogen (secondary N) is 1. The summed E-state index contributed by atoms with van der Waals surface area (Å²) in [4.78, 5) is 0. The highest BCUT2D eigenvalue weighted by Gasteiger charge is 1.80. The molecule has 1 N–H and O–H groups in total. The summed E-state index contributed by atoms with van der Waals surface area (Å²) in [5, 5.41) is 3.34. The van der Waals surface area contributed by atoms with Crippen LogP contribution in [0.3, 0.4) is 0 Å². The van der Waals surface area contributed by atoms with E-state index in [0.717, 1.165) is 0 Å². The molecule has 1 nitrogen and oxygen atoms in total. The molecule has 114 valence electrons. The molecule has 0 rings (SSSR count). The number of unbranched alkanes of at least 4 members (excludes halogenated alkanes) is 1. The molecule has 0 aliphatic heterocycles. The van der Waals surface area contributed by atoms with E-state index in [9.17, 15) is 0 Å². The fourth-order valence-corrected chi connectivity index (χ4v) is 0.808. The van der Waals surface area contributed by atoms with Gasteiger partial charge in [0.25, 0.3) is 0 Å². The van der Waals surface area contributed by atoms with E-state index in [-0.39, 0.29) is 0 Å². The molecular weight excluding hydrogens is 218 g/mol. The van der Waals surface area contributed by atoms with E-state index in [4.69, 9.17) is 0 Å². The predicted octanol–water partition coefficient (Wildman–Crippen LogP) is 6.20. The summed E-state index contributed by atoms with van der Waals surface area (Å²) in [5.41, 5.74) is 1.47. The Balaban J connectivity index is -0.0000000869. The van der Waals surface area contributed by atoms with Crippen molar-refractivity contribution < 1.29 is 0 Å². The van der Waals surface area contributed by atoms with Crippen molar-refractivity contribution in [1.29, 1.82) is 0 Å². The van der Waals surface area contributed by atoms with E-state index in [2.05, 4.69) is 46.0 Å². The second-order valence-electron chi connectivity index (χ2n) is 3.59. The van der Waals surface area contributed by atoms with E-state index in [1.807, 2.05) is 27.7 Å². The minimum absolute atomic E-state index is 1.18. The second-order valence-corrected chi connectivity index (χ2v) is 3.59. The number of hydrogen-bond donors (Lipinski definition) is 1. The first-order valence-electron chi connectivity index (χ1n) is 8.05. The summed E-state index contributed by atoms with van der Waals surface area (Å²) in [7, 11) is 0. The molecule has 18 heavy (non-hydrogen) atoms. The van der Waals surface area contributed by atoms with Crippen molar-refractivity contribution >= 4 is 0 Å². The molecule has 0 aliphatic carbocycles. The van der Waals surface area contributed by atoms with Crippen molar-refractivity contribution in [2.45, 2.75) is 88.0 Å². The van der Waals surface area contributed by atoms with Crippen LogP contribution in [0, 0.1) is 0 Å². The topological polar surface area (TPSA) is 12.0 Å². The Morgan fingerprint density at radius 3 is 1.61 bits per heavy atom. The highest BCUT2D eigenvalue weighted by Crippen LogP contribution is 1.94. The largest absolute Gasteiger partial charge is 0.317 e. The highest BCUT2D eigenvalue weighted by atomic mass is 14.8. The van der Waals surface area contributed by atoms with Crippen LogP contribution < -0.4 is 5.32 Å². The van der Waals surface area contributed by atoms with Gasteiger partial charge in [-0.1, -0.05) is 66.5 Å². The standard InChI is InChI=1S/C7H17N.C6H12.2C2H6/c1-3-5-7-8-6-4-2;1-4-6(3)5-2;2*1-2/h8H,3-7H2,1-2H3;4H,5H2,1-3H3;2*1-2H3/b;6-4+;;. The van der Waals surface area contributed by atoms with Crippen LogP contribution in [-0.4, -0.2) is 13.1 Å². The third kappa shape index (κ3) is 44.8. The summed E-state index contributed by atoms with van der Waals surface area (Å²) >= 11 is 0. The van der Waals surface area contributed by atoms with Gasteiger partial charge in [0, 0.05) is 0 Å². The van der Waals surface area contributed by atoms with E-state index in [1.54, 1.807) is 0 Å². The van der Waals surface area contributed by atoms with Crippen molar-refractivity contribution in [1.82, 2.24) is 5.32 Å². The Labute approximate surface area is 118 Å². The van der Waals surface area contributed by atoms with Crippen LogP contribution in [0.15, 0.2) is 11.6 Å². The first kappa shape index (κ1) is 26.3. The lowest BCUT2D eigenvalue weighted by Gasteiger charge is -1.98. The minimum atomic E-state index is 1.18. The highest BCUT2D eigenvalue weighted by molar-refractivity contribution is 4.93. The van der Waals surface area contributed by atoms with Crippen LogP contribution >= 0.6 is 0 Å².